The van der Waals surface area contributed by atoms with E-state index in [2.05, 4.69) is 13.8 Å². The van der Waals surface area contributed by atoms with Crippen LogP contribution in [0.4, 0.5) is 27.6 Å². The molecule has 0 fully saturated rings. The van der Waals surface area contributed by atoms with E-state index in [4.69, 9.17) is 0 Å². The second kappa shape index (κ2) is 6.76. The van der Waals surface area contributed by atoms with Crippen molar-refractivity contribution in [3.05, 3.63) is 66.3 Å². The Morgan fingerprint density at radius 1 is 1.07 bits per heavy atom. The first-order valence-corrected chi connectivity index (χ1v) is 9.29. The molecule has 2 aromatic carbocycles. The van der Waals surface area contributed by atoms with Gasteiger partial charge in [0.1, 0.15) is 29.3 Å². The zero-order valence-corrected chi connectivity index (χ0v) is 14.4. The van der Waals surface area contributed by atoms with Gasteiger partial charge in [0, 0.05) is 11.8 Å². The van der Waals surface area contributed by atoms with Crippen molar-refractivity contribution in [2.75, 3.05) is 6.26 Å². The van der Waals surface area contributed by atoms with Crippen LogP contribution in [0.25, 0.3) is 11.3 Å². The van der Waals surface area contributed by atoms with Crippen molar-refractivity contribution in [1.29, 1.82) is 0 Å². The maximum atomic E-state index is 14.3. The third-order valence-electron chi connectivity index (χ3n) is 3.51. The molecule has 0 aliphatic rings. The number of hydrogen-bond donors (Lipinski definition) is 0. The van der Waals surface area contributed by atoms with Gasteiger partial charge >= 0.3 is 12.1 Å². The molecule has 0 spiro atoms. The van der Waals surface area contributed by atoms with Crippen LogP contribution < -0.4 is 0 Å². The van der Waals surface area contributed by atoms with E-state index in [1.54, 1.807) is 0 Å². The van der Waals surface area contributed by atoms with Crippen LogP contribution >= 0.6 is 0 Å². The topological polar surface area (TPSA) is 55.5 Å². The summed E-state index contributed by atoms with van der Waals surface area (Å²) in [6, 6.07) is 8.52. The fraction of sp³-hybridized carbons (Fsp3) is 0.118. The van der Waals surface area contributed by atoms with Gasteiger partial charge in [-0.3, -0.25) is 0 Å². The van der Waals surface area contributed by atoms with Crippen LogP contribution in [-0.2, 0) is 15.9 Å². The Labute approximate surface area is 150 Å². The minimum atomic E-state index is -4.76. The molecule has 0 N–H and O–H groups in total. The summed E-state index contributed by atoms with van der Waals surface area (Å²) < 4.78 is 86.6. The summed E-state index contributed by atoms with van der Waals surface area (Å²) in [6.45, 7) is 0. The van der Waals surface area contributed by atoms with Gasteiger partial charge in [-0.1, -0.05) is 18.2 Å². The van der Waals surface area contributed by atoms with Crippen molar-refractivity contribution in [3.63, 3.8) is 0 Å². The predicted octanol–water partition coefficient (Wildman–Crippen LogP) is 5.43. The van der Waals surface area contributed by atoms with Crippen molar-refractivity contribution in [2.24, 2.45) is 4.36 Å². The first kappa shape index (κ1) is 19.0. The van der Waals surface area contributed by atoms with Crippen LogP contribution in [0.15, 0.2) is 62.4 Å². The normalized spacial score (nSPS) is 14.0. The number of hydrogen-bond acceptors (Lipinski definition) is 4. The lowest BCUT2D eigenvalue weighted by Gasteiger charge is -2.07. The second-order valence-electron chi connectivity index (χ2n) is 5.53. The van der Waals surface area contributed by atoms with Gasteiger partial charge in [-0.2, -0.15) is 17.5 Å². The molecule has 0 radical (unpaired) electrons. The lowest BCUT2D eigenvalue weighted by molar-refractivity contribution is -0.157. The molecular weight excluding hydrogens is 391 g/mol. The minimum Gasteiger partial charge on any atom is -0.441 e. The van der Waals surface area contributed by atoms with Gasteiger partial charge < -0.3 is 4.42 Å². The Hall–Kier alpha value is -2.75. The van der Waals surface area contributed by atoms with Crippen LogP contribution in [0.3, 0.4) is 0 Å². The van der Waals surface area contributed by atoms with Gasteiger partial charge in [0.25, 0.3) is 0 Å². The van der Waals surface area contributed by atoms with Gasteiger partial charge in [-0.05, 0) is 24.3 Å². The Morgan fingerprint density at radius 3 is 2.37 bits per heavy atom. The van der Waals surface area contributed by atoms with Gasteiger partial charge in [0.15, 0.2) is 0 Å². The highest BCUT2D eigenvalue weighted by Gasteiger charge is 2.37. The lowest BCUT2D eigenvalue weighted by Crippen LogP contribution is -2.04. The fourth-order valence-electron chi connectivity index (χ4n) is 2.27. The van der Waals surface area contributed by atoms with Crippen molar-refractivity contribution >= 4 is 15.4 Å². The van der Waals surface area contributed by atoms with Gasteiger partial charge in [-0.15, -0.1) is 0 Å². The standard InChI is InChI=1S/C17H11F5N2O2S/c1-27(25,15-5-3-2-4-11(15)18)24-13-7-6-10(8-12(13)19)14-9-26-16(23-14)17(20,21)22/h2-9H,1H3. The molecule has 10 heteroatoms. The highest BCUT2D eigenvalue weighted by atomic mass is 32.2. The van der Waals surface area contributed by atoms with Crippen molar-refractivity contribution < 1.29 is 30.6 Å². The van der Waals surface area contributed by atoms with Crippen LogP contribution in [0, 0.1) is 11.6 Å². The van der Waals surface area contributed by atoms with Gasteiger partial charge in [-0.25, -0.2) is 18.0 Å². The van der Waals surface area contributed by atoms with E-state index in [1.807, 2.05) is 0 Å². The molecule has 142 valence electrons. The van der Waals surface area contributed by atoms with Crippen LogP contribution in [-0.4, -0.2) is 15.4 Å². The summed E-state index contributed by atoms with van der Waals surface area (Å²) in [4.78, 5) is 3.08. The number of aromatic nitrogens is 1. The molecule has 3 rings (SSSR count). The van der Waals surface area contributed by atoms with E-state index < -0.39 is 33.4 Å². The molecule has 0 aliphatic heterocycles. The van der Waals surface area contributed by atoms with Crippen molar-refractivity contribution in [3.8, 4) is 11.3 Å². The molecule has 27 heavy (non-hydrogen) atoms. The highest BCUT2D eigenvalue weighted by molar-refractivity contribution is 7.93. The summed E-state index contributed by atoms with van der Waals surface area (Å²) in [6.07, 6.45) is -2.86. The first-order valence-electron chi connectivity index (χ1n) is 7.37. The maximum Gasteiger partial charge on any atom is 0.468 e. The zero-order chi connectivity index (χ0) is 19.8. The summed E-state index contributed by atoms with van der Waals surface area (Å²) >= 11 is 0. The van der Waals surface area contributed by atoms with Gasteiger partial charge in [0.05, 0.1) is 14.6 Å². The average molecular weight is 402 g/mol. The summed E-state index contributed by atoms with van der Waals surface area (Å²) in [5, 5.41) is 0. The number of alkyl halides is 3. The first-order chi connectivity index (χ1) is 12.6. The molecule has 0 saturated carbocycles. The number of nitrogens with zero attached hydrogens (tertiary/aromatic N) is 2. The Morgan fingerprint density at radius 2 is 1.78 bits per heavy atom. The van der Waals surface area contributed by atoms with E-state index >= 15 is 0 Å². The third-order valence-corrected chi connectivity index (χ3v) is 5.20. The average Bonchev–Trinajstić information content (AvgIpc) is 3.07. The monoisotopic (exact) mass is 402 g/mol. The molecule has 1 unspecified atom stereocenters. The smallest absolute Gasteiger partial charge is 0.441 e. The zero-order valence-electron chi connectivity index (χ0n) is 13.6. The number of rotatable bonds is 3. The van der Waals surface area contributed by atoms with Gasteiger partial charge in [0.2, 0.25) is 0 Å². The Kier molecular flexibility index (Phi) is 4.77. The molecule has 0 bridgehead atoms. The van der Waals surface area contributed by atoms with E-state index in [9.17, 15) is 26.2 Å². The van der Waals surface area contributed by atoms with E-state index in [1.165, 1.54) is 24.3 Å². The third kappa shape index (κ3) is 4.00. The Bertz CT molecular complexity index is 1110. The van der Waals surface area contributed by atoms with E-state index in [0.29, 0.717) is 0 Å². The van der Waals surface area contributed by atoms with Crippen LogP contribution in [0.5, 0.6) is 0 Å². The van der Waals surface area contributed by atoms with E-state index in [-0.39, 0.29) is 21.8 Å². The fourth-order valence-corrected chi connectivity index (χ4v) is 3.65. The van der Waals surface area contributed by atoms with Crippen molar-refractivity contribution in [2.45, 2.75) is 11.1 Å². The van der Waals surface area contributed by atoms with Crippen LogP contribution in [0.2, 0.25) is 0 Å². The maximum absolute atomic E-state index is 14.3. The molecule has 0 aliphatic carbocycles. The van der Waals surface area contributed by atoms with Crippen LogP contribution in [0.1, 0.15) is 5.89 Å². The number of oxazole rings is 1. The summed E-state index contributed by atoms with van der Waals surface area (Å²) in [5.41, 5.74) is -0.535. The molecular formula is C17H11F5N2O2S. The minimum absolute atomic E-state index is 0.0131. The molecule has 0 amide bonds. The molecule has 1 atom stereocenters. The van der Waals surface area contributed by atoms with E-state index in [0.717, 1.165) is 30.7 Å². The highest BCUT2D eigenvalue weighted by Crippen LogP contribution is 2.32. The number of halogens is 5. The van der Waals surface area contributed by atoms with Crippen molar-refractivity contribution in [1.82, 2.24) is 4.98 Å². The lowest BCUT2D eigenvalue weighted by atomic mass is 10.1. The summed E-state index contributed by atoms with van der Waals surface area (Å²) in [7, 11) is -3.28. The summed E-state index contributed by atoms with van der Waals surface area (Å²) in [5.74, 6) is -3.15. The predicted molar refractivity (Wildman–Crippen MR) is 87.7 cm³/mol. The molecule has 3 aromatic rings. The molecule has 0 saturated heterocycles. The quantitative estimate of drug-likeness (QED) is 0.549. The Balaban J connectivity index is 1.99. The largest absolute Gasteiger partial charge is 0.468 e. The number of benzene rings is 2. The molecule has 1 aromatic heterocycles. The SMILES string of the molecule is CS(=O)(=Nc1ccc(-c2coc(C(F)(F)F)n2)cc1F)c1ccccc1F. The molecule has 1 heterocycles. The molecule has 4 nitrogen and oxygen atoms in total. The second-order valence-corrected chi connectivity index (χ2v) is 7.75.